The average molecular weight is 418 g/mol. The van der Waals surface area contributed by atoms with Gasteiger partial charge in [-0.2, -0.15) is 0 Å². The fourth-order valence-corrected chi connectivity index (χ4v) is 5.43. The van der Waals surface area contributed by atoms with Crippen LogP contribution in [0.1, 0.15) is 42.9 Å². The van der Waals surface area contributed by atoms with Crippen molar-refractivity contribution in [1.82, 2.24) is 4.90 Å². The second kappa shape index (κ2) is 7.60. The van der Waals surface area contributed by atoms with Crippen LogP contribution in [-0.2, 0) is 0 Å². The van der Waals surface area contributed by atoms with E-state index in [0.717, 1.165) is 24.0 Å². The molecule has 2 bridgehead atoms. The van der Waals surface area contributed by atoms with Crippen molar-refractivity contribution < 1.29 is 5.11 Å². The summed E-state index contributed by atoms with van der Waals surface area (Å²) in [6, 6.07) is 16.1. The number of aliphatic hydroxyl groups is 1. The van der Waals surface area contributed by atoms with Crippen LogP contribution in [0.5, 0.6) is 0 Å². The van der Waals surface area contributed by atoms with Crippen LogP contribution in [0.3, 0.4) is 0 Å². The van der Waals surface area contributed by atoms with Crippen LogP contribution in [0, 0.1) is 0 Å². The number of nitrogens with two attached hydrogens (primary N) is 2. The number of hydrogen-bond acceptors (Lipinski definition) is 4. The molecule has 0 spiro atoms. The van der Waals surface area contributed by atoms with Gasteiger partial charge in [0.15, 0.2) is 0 Å². The minimum absolute atomic E-state index is 0.0764. The summed E-state index contributed by atoms with van der Waals surface area (Å²) in [6.45, 7) is 0. The quantitative estimate of drug-likeness (QED) is 0.696. The first-order valence-electron chi connectivity index (χ1n) is 9.61. The lowest BCUT2D eigenvalue weighted by Gasteiger charge is -2.47. The van der Waals surface area contributed by atoms with Crippen molar-refractivity contribution in [2.75, 3.05) is 0 Å². The van der Waals surface area contributed by atoms with Crippen LogP contribution in [0.25, 0.3) is 0 Å². The molecule has 2 fully saturated rings. The Kier molecular flexibility index (Phi) is 5.32. The maximum atomic E-state index is 11.1. The van der Waals surface area contributed by atoms with E-state index in [-0.39, 0.29) is 18.1 Å². The summed E-state index contributed by atoms with van der Waals surface area (Å²) < 4.78 is 0. The first-order valence-corrected chi connectivity index (χ1v) is 10.4. The van der Waals surface area contributed by atoms with Gasteiger partial charge in [-0.25, -0.2) is 0 Å². The SMILES string of the molecule is N/C=C(\N)C1(O)CC2CCC(C1)N2C(c1ccccc1Cl)c1ccccc1Cl. The normalized spacial score (nSPS) is 28.1. The lowest BCUT2D eigenvalue weighted by atomic mass is 9.81. The van der Waals surface area contributed by atoms with Gasteiger partial charge in [0.25, 0.3) is 0 Å². The van der Waals surface area contributed by atoms with E-state index < -0.39 is 5.60 Å². The van der Waals surface area contributed by atoms with Crippen molar-refractivity contribution in [3.8, 4) is 0 Å². The van der Waals surface area contributed by atoms with Crippen LogP contribution < -0.4 is 11.5 Å². The molecule has 0 amide bonds. The smallest absolute Gasteiger partial charge is 0.108 e. The summed E-state index contributed by atoms with van der Waals surface area (Å²) in [5.74, 6) is 0. The Morgan fingerprint density at radius 1 is 1.00 bits per heavy atom. The third kappa shape index (κ3) is 3.29. The van der Waals surface area contributed by atoms with E-state index in [9.17, 15) is 5.11 Å². The number of benzene rings is 2. The van der Waals surface area contributed by atoms with Crippen LogP contribution in [0.2, 0.25) is 10.0 Å². The summed E-state index contributed by atoms with van der Waals surface area (Å²) in [5, 5.41) is 12.6. The fraction of sp³-hybridized carbons (Fsp3) is 0.364. The fourth-order valence-electron chi connectivity index (χ4n) is 4.95. The molecule has 0 saturated carbocycles. The molecular formula is C22H25Cl2N3O. The van der Waals surface area contributed by atoms with E-state index in [1.165, 1.54) is 6.20 Å². The summed E-state index contributed by atoms with van der Waals surface area (Å²) >= 11 is 13.2. The molecule has 0 aliphatic carbocycles. The van der Waals surface area contributed by atoms with Gasteiger partial charge in [0.1, 0.15) is 5.60 Å². The Bertz CT molecular complexity index is 841. The Morgan fingerprint density at radius 3 is 1.89 bits per heavy atom. The van der Waals surface area contributed by atoms with Gasteiger partial charge < -0.3 is 16.6 Å². The highest BCUT2D eigenvalue weighted by Gasteiger charge is 2.51. The second-order valence-corrected chi connectivity index (χ2v) is 8.65. The van der Waals surface area contributed by atoms with Gasteiger partial charge in [-0.05, 0) is 48.9 Å². The van der Waals surface area contributed by atoms with Crippen molar-refractivity contribution in [2.45, 2.75) is 49.4 Å². The highest BCUT2D eigenvalue weighted by atomic mass is 35.5. The van der Waals surface area contributed by atoms with Gasteiger partial charge in [-0.3, -0.25) is 4.90 Å². The molecule has 0 aromatic heterocycles. The Hall–Kier alpha value is -1.72. The molecule has 148 valence electrons. The predicted octanol–water partition coefficient (Wildman–Crippen LogP) is 4.20. The molecule has 2 atom stereocenters. The molecule has 2 aliphatic heterocycles. The topological polar surface area (TPSA) is 75.5 Å². The number of hydrogen-bond donors (Lipinski definition) is 3. The van der Waals surface area contributed by atoms with Gasteiger partial charge in [-0.15, -0.1) is 0 Å². The standard InChI is InChI=1S/C22H25Cl2N3O/c23-18-7-3-1-5-16(18)21(17-6-2-4-8-19(17)24)27-14-9-10-15(27)12-22(28,11-14)20(26)13-25/h1-8,13-15,21,28H,9-12,25-26H2/b20-13-. The largest absolute Gasteiger partial charge is 0.403 e. The zero-order chi connectivity index (χ0) is 19.9. The Morgan fingerprint density at radius 2 is 1.46 bits per heavy atom. The molecule has 2 heterocycles. The molecule has 2 saturated heterocycles. The van der Waals surface area contributed by atoms with Gasteiger partial charge in [0.05, 0.1) is 11.7 Å². The minimum Gasteiger partial charge on any atom is -0.403 e. The van der Waals surface area contributed by atoms with Crippen molar-refractivity contribution >= 4 is 23.2 Å². The number of nitrogens with zero attached hydrogens (tertiary/aromatic N) is 1. The van der Waals surface area contributed by atoms with Gasteiger partial charge in [0.2, 0.25) is 0 Å². The molecule has 5 N–H and O–H groups in total. The Balaban J connectivity index is 1.79. The van der Waals surface area contributed by atoms with Crippen molar-refractivity contribution in [3.63, 3.8) is 0 Å². The van der Waals surface area contributed by atoms with E-state index in [1.54, 1.807) is 0 Å². The van der Waals surface area contributed by atoms with Crippen LogP contribution in [-0.4, -0.2) is 27.7 Å². The van der Waals surface area contributed by atoms with E-state index in [4.69, 9.17) is 34.7 Å². The van der Waals surface area contributed by atoms with Gasteiger partial charge in [-0.1, -0.05) is 59.6 Å². The van der Waals surface area contributed by atoms with E-state index in [1.807, 2.05) is 36.4 Å². The van der Waals surface area contributed by atoms with Gasteiger partial charge >= 0.3 is 0 Å². The molecule has 2 aromatic rings. The minimum atomic E-state index is -1.05. The number of halogens is 2. The summed E-state index contributed by atoms with van der Waals surface area (Å²) in [5.41, 5.74) is 13.0. The third-order valence-corrected chi connectivity index (χ3v) is 6.93. The third-order valence-electron chi connectivity index (χ3n) is 6.24. The van der Waals surface area contributed by atoms with E-state index >= 15 is 0 Å². The molecule has 2 aliphatic rings. The maximum absolute atomic E-state index is 11.1. The highest BCUT2D eigenvalue weighted by Crippen LogP contribution is 2.50. The molecule has 4 rings (SSSR count). The lowest BCUT2D eigenvalue weighted by Crippen LogP contribution is -2.54. The molecule has 28 heavy (non-hydrogen) atoms. The molecule has 6 heteroatoms. The van der Waals surface area contributed by atoms with Crippen LogP contribution in [0.15, 0.2) is 60.4 Å². The molecule has 0 radical (unpaired) electrons. The number of rotatable bonds is 4. The summed E-state index contributed by atoms with van der Waals surface area (Å²) in [4.78, 5) is 2.47. The molecule has 4 nitrogen and oxygen atoms in total. The first-order chi connectivity index (χ1) is 13.4. The molecule has 2 unspecified atom stereocenters. The highest BCUT2D eigenvalue weighted by molar-refractivity contribution is 6.32. The number of fused-ring (bicyclic) bond motifs is 2. The zero-order valence-corrected chi connectivity index (χ0v) is 17.1. The average Bonchev–Trinajstić information content (AvgIpc) is 2.95. The van der Waals surface area contributed by atoms with E-state index in [2.05, 4.69) is 17.0 Å². The van der Waals surface area contributed by atoms with Crippen LogP contribution in [0.4, 0.5) is 0 Å². The van der Waals surface area contributed by atoms with Crippen LogP contribution >= 0.6 is 23.2 Å². The van der Waals surface area contributed by atoms with Crippen molar-refractivity contribution in [1.29, 1.82) is 0 Å². The lowest BCUT2D eigenvalue weighted by molar-refractivity contribution is -0.0374. The first kappa shape index (κ1) is 19.6. The summed E-state index contributed by atoms with van der Waals surface area (Å²) in [7, 11) is 0. The summed E-state index contributed by atoms with van der Waals surface area (Å²) in [6.07, 6.45) is 4.42. The van der Waals surface area contributed by atoms with Crippen molar-refractivity contribution in [2.24, 2.45) is 11.5 Å². The van der Waals surface area contributed by atoms with Gasteiger partial charge in [0, 0.05) is 28.3 Å². The monoisotopic (exact) mass is 417 g/mol. The van der Waals surface area contributed by atoms with E-state index in [0.29, 0.717) is 28.6 Å². The molecular weight excluding hydrogens is 393 g/mol. The maximum Gasteiger partial charge on any atom is 0.108 e. The number of piperidine rings is 1. The zero-order valence-electron chi connectivity index (χ0n) is 15.6. The van der Waals surface area contributed by atoms with Crippen molar-refractivity contribution in [3.05, 3.63) is 81.6 Å². The molecule has 2 aromatic carbocycles. The Labute approximate surface area is 175 Å². The second-order valence-electron chi connectivity index (χ2n) is 7.84. The predicted molar refractivity (Wildman–Crippen MR) is 114 cm³/mol.